The average Bonchev–Trinajstić information content (AvgIpc) is 2.50. The van der Waals surface area contributed by atoms with Gasteiger partial charge in [0.1, 0.15) is 5.69 Å². The van der Waals surface area contributed by atoms with E-state index in [9.17, 15) is 8.78 Å². The van der Waals surface area contributed by atoms with Gasteiger partial charge >= 0.3 is 0 Å². The summed E-state index contributed by atoms with van der Waals surface area (Å²) in [6.07, 6.45) is 1.68. The molecular weight excluding hydrogens is 270 g/mol. The van der Waals surface area contributed by atoms with Crippen LogP contribution in [-0.4, -0.2) is 11.5 Å². The van der Waals surface area contributed by atoms with Gasteiger partial charge in [0, 0.05) is 17.6 Å². The first-order valence-electron chi connectivity index (χ1n) is 7.61. The highest BCUT2D eigenvalue weighted by molar-refractivity contribution is 5.92. The van der Waals surface area contributed by atoms with Crippen LogP contribution in [0.5, 0.6) is 0 Å². The predicted molar refractivity (Wildman–Crippen MR) is 84.1 cm³/mol. The zero-order valence-electron chi connectivity index (χ0n) is 12.6. The second kappa shape index (κ2) is 7.34. The van der Waals surface area contributed by atoms with E-state index in [2.05, 4.69) is 30.2 Å². The Bertz CT molecular complexity index is 597. The number of aromatic nitrogens is 1. The van der Waals surface area contributed by atoms with Crippen LogP contribution in [-0.2, 0) is 6.42 Å². The number of rotatable bonds is 7. The van der Waals surface area contributed by atoms with E-state index in [4.69, 9.17) is 0 Å². The van der Waals surface area contributed by atoms with Crippen molar-refractivity contribution in [2.45, 2.75) is 46.0 Å². The Kier molecular flexibility index (Phi) is 5.48. The number of halogens is 2. The van der Waals surface area contributed by atoms with Crippen molar-refractivity contribution in [1.82, 2.24) is 4.98 Å². The number of pyridine rings is 1. The third kappa shape index (κ3) is 3.90. The summed E-state index contributed by atoms with van der Waals surface area (Å²) in [4.78, 5) is 4.07. The maximum atomic E-state index is 13.0. The van der Waals surface area contributed by atoms with Gasteiger partial charge in [-0.25, -0.2) is 13.8 Å². The Morgan fingerprint density at radius 3 is 2.62 bits per heavy atom. The van der Waals surface area contributed by atoms with Gasteiger partial charge < -0.3 is 5.32 Å². The SMILES string of the molecule is CCCCc1ccc2nc(C(F)F)cc(NCCC)c2c1. The second-order valence-corrected chi connectivity index (χ2v) is 5.28. The van der Waals surface area contributed by atoms with E-state index in [-0.39, 0.29) is 5.69 Å². The van der Waals surface area contributed by atoms with E-state index in [1.165, 1.54) is 11.6 Å². The van der Waals surface area contributed by atoms with Gasteiger partial charge in [-0.05, 0) is 43.0 Å². The zero-order chi connectivity index (χ0) is 15.2. The normalized spacial score (nSPS) is 11.3. The monoisotopic (exact) mass is 292 g/mol. The van der Waals surface area contributed by atoms with Gasteiger partial charge in [0.15, 0.2) is 0 Å². The van der Waals surface area contributed by atoms with Crippen LogP contribution in [0.25, 0.3) is 10.9 Å². The lowest BCUT2D eigenvalue weighted by Crippen LogP contribution is -2.03. The lowest BCUT2D eigenvalue weighted by Gasteiger charge is -2.12. The summed E-state index contributed by atoms with van der Waals surface area (Å²) in [5.74, 6) is 0. The van der Waals surface area contributed by atoms with Gasteiger partial charge in [0.05, 0.1) is 5.52 Å². The molecule has 0 spiro atoms. The van der Waals surface area contributed by atoms with E-state index in [0.717, 1.165) is 43.3 Å². The van der Waals surface area contributed by atoms with Gasteiger partial charge in [-0.2, -0.15) is 0 Å². The van der Waals surface area contributed by atoms with Crippen LogP contribution >= 0.6 is 0 Å². The minimum absolute atomic E-state index is 0.164. The second-order valence-electron chi connectivity index (χ2n) is 5.28. The fourth-order valence-electron chi connectivity index (χ4n) is 2.35. The van der Waals surface area contributed by atoms with Gasteiger partial charge in [0.25, 0.3) is 6.43 Å². The molecule has 0 radical (unpaired) electrons. The highest BCUT2D eigenvalue weighted by Crippen LogP contribution is 2.29. The topological polar surface area (TPSA) is 24.9 Å². The average molecular weight is 292 g/mol. The number of unbranched alkanes of at least 4 members (excludes halogenated alkanes) is 1. The Morgan fingerprint density at radius 1 is 1.14 bits per heavy atom. The first-order chi connectivity index (χ1) is 10.2. The van der Waals surface area contributed by atoms with E-state index in [1.807, 2.05) is 12.1 Å². The maximum Gasteiger partial charge on any atom is 0.280 e. The smallest absolute Gasteiger partial charge is 0.280 e. The van der Waals surface area contributed by atoms with E-state index in [0.29, 0.717) is 5.52 Å². The Labute approximate surface area is 124 Å². The lowest BCUT2D eigenvalue weighted by atomic mass is 10.0. The van der Waals surface area contributed by atoms with E-state index in [1.54, 1.807) is 0 Å². The molecule has 2 rings (SSSR count). The van der Waals surface area contributed by atoms with Crippen LogP contribution in [0.4, 0.5) is 14.5 Å². The number of nitrogens with one attached hydrogen (secondary N) is 1. The molecule has 0 fully saturated rings. The molecule has 1 N–H and O–H groups in total. The molecule has 2 aromatic rings. The molecule has 0 aliphatic rings. The fourth-order valence-corrected chi connectivity index (χ4v) is 2.35. The molecule has 4 heteroatoms. The molecule has 0 saturated carbocycles. The summed E-state index contributed by atoms with van der Waals surface area (Å²) >= 11 is 0. The van der Waals surface area contributed by atoms with Crippen molar-refractivity contribution in [2.24, 2.45) is 0 Å². The summed E-state index contributed by atoms with van der Waals surface area (Å²) in [5.41, 5.74) is 2.46. The van der Waals surface area contributed by atoms with E-state index >= 15 is 0 Å². The largest absolute Gasteiger partial charge is 0.384 e. The molecule has 0 aliphatic heterocycles. The van der Waals surface area contributed by atoms with Crippen LogP contribution in [0, 0.1) is 0 Å². The van der Waals surface area contributed by atoms with E-state index < -0.39 is 6.43 Å². The van der Waals surface area contributed by atoms with Crippen molar-refractivity contribution in [1.29, 1.82) is 0 Å². The van der Waals surface area contributed by atoms with Gasteiger partial charge in [-0.1, -0.05) is 26.3 Å². The number of alkyl halides is 2. The van der Waals surface area contributed by atoms with Gasteiger partial charge in [-0.3, -0.25) is 0 Å². The maximum absolute atomic E-state index is 13.0. The minimum Gasteiger partial charge on any atom is -0.384 e. The quantitative estimate of drug-likeness (QED) is 0.745. The number of anilines is 1. The third-order valence-electron chi connectivity index (χ3n) is 3.50. The molecule has 1 heterocycles. The van der Waals surface area contributed by atoms with Crippen LogP contribution < -0.4 is 5.32 Å². The van der Waals surface area contributed by atoms with Crippen LogP contribution in [0.1, 0.15) is 50.8 Å². The Balaban J connectivity index is 2.45. The predicted octanol–water partition coefficient (Wildman–Crippen LogP) is 5.34. The Morgan fingerprint density at radius 2 is 1.95 bits per heavy atom. The molecule has 0 saturated heterocycles. The molecular formula is C17H22F2N2. The number of fused-ring (bicyclic) bond motifs is 1. The van der Waals surface area contributed by atoms with Crippen LogP contribution in [0.15, 0.2) is 24.3 Å². The number of hydrogen-bond donors (Lipinski definition) is 1. The molecule has 0 bridgehead atoms. The first kappa shape index (κ1) is 15.7. The number of aryl methyl sites for hydroxylation is 1. The minimum atomic E-state index is -2.55. The molecule has 2 nitrogen and oxygen atoms in total. The van der Waals surface area contributed by atoms with Crippen molar-refractivity contribution in [3.8, 4) is 0 Å². The molecule has 0 aliphatic carbocycles. The summed E-state index contributed by atoms with van der Waals surface area (Å²) in [6.45, 7) is 4.98. The molecule has 21 heavy (non-hydrogen) atoms. The van der Waals surface area contributed by atoms with Crippen molar-refractivity contribution < 1.29 is 8.78 Å². The third-order valence-corrected chi connectivity index (χ3v) is 3.50. The van der Waals surface area contributed by atoms with Crippen molar-refractivity contribution in [3.63, 3.8) is 0 Å². The van der Waals surface area contributed by atoms with Crippen molar-refractivity contribution in [2.75, 3.05) is 11.9 Å². The number of hydrogen-bond acceptors (Lipinski definition) is 2. The fraction of sp³-hybridized carbons (Fsp3) is 0.471. The molecule has 0 atom stereocenters. The van der Waals surface area contributed by atoms with Crippen LogP contribution in [0.2, 0.25) is 0 Å². The summed E-state index contributed by atoms with van der Waals surface area (Å²) < 4.78 is 25.9. The molecule has 1 aromatic heterocycles. The summed E-state index contributed by atoms with van der Waals surface area (Å²) in [6, 6.07) is 7.39. The molecule has 0 amide bonds. The first-order valence-corrected chi connectivity index (χ1v) is 7.61. The van der Waals surface area contributed by atoms with Gasteiger partial charge in [-0.15, -0.1) is 0 Å². The summed E-state index contributed by atoms with van der Waals surface area (Å²) in [5, 5.41) is 4.17. The highest BCUT2D eigenvalue weighted by Gasteiger charge is 2.13. The molecule has 0 unspecified atom stereocenters. The van der Waals surface area contributed by atoms with Crippen molar-refractivity contribution in [3.05, 3.63) is 35.5 Å². The van der Waals surface area contributed by atoms with Crippen molar-refractivity contribution >= 4 is 16.6 Å². The molecule has 1 aromatic carbocycles. The van der Waals surface area contributed by atoms with Crippen LogP contribution in [0.3, 0.4) is 0 Å². The number of benzene rings is 1. The van der Waals surface area contributed by atoms with Gasteiger partial charge in [0.2, 0.25) is 0 Å². The highest BCUT2D eigenvalue weighted by atomic mass is 19.3. The molecule has 114 valence electrons. The Hall–Kier alpha value is -1.71. The zero-order valence-corrected chi connectivity index (χ0v) is 12.6. The standard InChI is InChI=1S/C17H22F2N2/c1-3-5-6-12-7-8-14-13(10-12)15(20-9-4-2)11-16(21-14)17(18)19/h7-8,10-11,17H,3-6,9H2,1-2H3,(H,20,21). The summed E-state index contributed by atoms with van der Waals surface area (Å²) in [7, 11) is 0. The lowest BCUT2D eigenvalue weighted by molar-refractivity contribution is 0.146. The number of nitrogens with zero attached hydrogens (tertiary/aromatic N) is 1.